The molecule has 534 valence electrons. The van der Waals surface area contributed by atoms with Crippen LogP contribution in [0.3, 0.4) is 0 Å². The number of nitrogens with one attached hydrogen (secondary N) is 8. The van der Waals surface area contributed by atoms with Gasteiger partial charge in [0.15, 0.2) is 35.8 Å². The summed E-state index contributed by atoms with van der Waals surface area (Å²) in [5.74, 6) is -10.4. The van der Waals surface area contributed by atoms with Crippen molar-refractivity contribution in [2.24, 2.45) is 127 Å². The Labute approximate surface area is 546 Å². The van der Waals surface area contributed by atoms with Crippen molar-refractivity contribution >= 4 is 94.8 Å². The Morgan fingerprint density at radius 2 is 0.457 bits per heavy atom. The fraction of sp³-hybridized carbons (Fsp3) is 0.698. The molecule has 41 heteroatoms. The summed E-state index contributed by atoms with van der Waals surface area (Å²) in [7, 11) is 0. The second-order valence-electron chi connectivity index (χ2n) is 21.8. The van der Waals surface area contributed by atoms with Crippen LogP contribution in [0.15, 0.2) is 30.0 Å². The van der Waals surface area contributed by atoms with E-state index in [4.69, 9.17) is 97.5 Å². The van der Waals surface area contributed by atoms with Crippen molar-refractivity contribution in [2.75, 3.05) is 52.4 Å². The maximum absolute atomic E-state index is 14.6. The summed E-state index contributed by atoms with van der Waals surface area (Å²) in [5.41, 5.74) is 94.8. The van der Waals surface area contributed by atoms with Crippen LogP contribution < -0.4 is 140 Å². The smallest absolute Gasteiger partial charge is 0.243 e. The highest BCUT2D eigenvalue weighted by molar-refractivity contribution is 5.98. The van der Waals surface area contributed by atoms with Gasteiger partial charge in [-0.1, -0.05) is 0 Å². The van der Waals surface area contributed by atoms with Crippen LogP contribution in [-0.2, 0) is 47.9 Å². The molecule has 0 rings (SSSR count). The first-order valence-electron chi connectivity index (χ1n) is 30.9. The molecular formula is C53H107N31O10. The van der Waals surface area contributed by atoms with Gasteiger partial charge in [0.1, 0.15) is 48.3 Å². The number of amides is 10. The number of guanidine groups is 6. The highest BCUT2D eigenvalue weighted by atomic mass is 16.2. The summed E-state index contributed by atoms with van der Waals surface area (Å²) in [6.07, 6.45) is 0.987. The average Bonchev–Trinajstić information content (AvgIpc) is 0.919. The molecule has 0 aliphatic carbocycles. The third-order valence-corrected chi connectivity index (χ3v) is 13.7. The van der Waals surface area contributed by atoms with Crippen LogP contribution in [0.2, 0.25) is 0 Å². The Morgan fingerprint density at radius 1 is 0.255 bits per heavy atom. The first-order valence-corrected chi connectivity index (χ1v) is 30.9. The lowest BCUT2D eigenvalue weighted by molar-refractivity contribution is -0.136. The number of aliphatic imine (C=N–C) groups is 6. The van der Waals surface area contributed by atoms with Gasteiger partial charge in [0.25, 0.3) is 0 Å². The maximum Gasteiger partial charge on any atom is 0.243 e. The van der Waals surface area contributed by atoms with Crippen LogP contribution in [0.4, 0.5) is 0 Å². The Bertz CT molecular complexity index is 2560. The molecular weight excluding hydrogens is 1230 g/mol. The molecule has 9 atom stereocenters. The molecule has 0 aromatic heterocycles. The minimum atomic E-state index is -1.68. The first kappa shape index (κ1) is 84.2. The van der Waals surface area contributed by atoms with Crippen molar-refractivity contribution in [3.8, 4) is 0 Å². The molecule has 10 amide bonds. The van der Waals surface area contributed by atoms with Gasteiger partial charge in [0.2, 0.25) is 59.1 Å². The third-order valence-electron chi connectivity index (χ3n) is 13.7. The first-order chi connectivity index (χ1) is 44.4. The number of rotatable bonds is 52. The van der Waals surface area contributed by atoms with Gasteiger partial charge in [0.05, 0.1) is 6.04 Å². The Kier molecular flexibility index (Phi) is 43.8. The van der Waals surface area contributed by atoms with Crippen LogP contribution in [0.25, 0.3) is 0 Å². The number of hydrogen-bond acceptors (Lipinski definition) is 19. The molecule has 0 unspecified atom stereocenters. The van der Waals surface area contributed by atoms with Crippen molar-refractivity contribution in [2.45, 2.75) is 183 Å². The molecule has 42 N–H and O–H groups in total. The van der Waals surface area contributed by atoms with E-state index in [1.54, 1.807) is 0 Å². The summed E-state index contributed by atoms with van der Waals surface area (Å²) in [4.78, 5) is 162. The number of unbranched alkanes of at least 4 members (excludes halogenated alkanes) is 2. The quantitative estimate of drug-likeness (QED) is 0.0153. The number of carbonyl (C=O) groups is 10. The molecule has 0 saturated heterocycles. The highest BCUT2D eigenvalue weighted by Crippen LogP contribution is 2.12. The molecule has 0 radical (unpaired) electrons. The van der Waals surface area contributed by atoms with E-state index in [9.17, 15) is 47.9 Å². The zero-order valence-corrected chi connectivity index (χ0v) is 53.6. The molecule has 0 aliphatic heterocycles. The van der Waals surface area contributed by atoms with Crippen molar-refractivity contribution in [3.63, 3.8) is 0 Å². The van der Waals surface area contributed by atoms with Crippen LogP contribution in [0.1, 0.15) is 128 Å². The second kappa shape index (κ2) is 48.9. The number of nitrogens with zero attached hydrogens (tertiary/aromatic N) is 6. The maximum atomic E-state index is 14.6. The fourth-order valence-corrected chi connectivity index (χ4v) is 8.79. The Morgan fingerprint density at radius 3 is 0.681 bits per heavy atom. The predicted molar refractivity (Wildman–Crippen MR) is 356 cm³/mol. The van der Waals surface area contributed by atoms with E-state index in [0.717, 1.165) is 0 Å². The van der Waals surface area contributed by atoms with E-state index in [2.05, 4.69) is 72.5 Å². The van der Waals surface area contributed by atoms with E-state index in [1.807, 2.05) is 0 Å². The normalized spacial score (nSPS) is 13.6. The van der Waals surface area contributed by atoms with E-state index in [0.29, 0.717) is 32.1 Å². The summed E-state index contributed by atoms with van der Waals surface area (Å²) < 4.78 is 0. The third kappa shape index (κ3) is 40.8. The zero-order chi connectivity index (χ0) is 71.1. The SMILES string of the molecule is NCCCC[C@H](NC(=O)[C@H](CCCCN)NC(=O)[C@@H](N)CCCN=C(N)N)C(=O)N[C@H](CCCN=C(N)N)C(=O)N[C@@H](CCCN=C(N)N)C(=O)N[C@@H](CCC(N)=O)C(=O)N[C@@H](CCCN=C(N)N)C(=O)N[C@@H](CCCN=C(N)N)C(=O)N[C@@H](CCCN=C(N)N)C(N)=O. The minimum Gasteiger partial charge on any atom is -0.370 e. The molecule has 0 heterocycles. The lowest BCUT2D eigenvalue weighted by Crippen LogP contribution is -2.60. The molecule has 0 aromatic carbocycles. The number of nitrogens with two attached hydrogens (primary N) is 17. The average molecular weight is 1340 g/mol. The zero-order valence-electron chi connectivity index (χ0n) is 53.6. The van der Waals surface area contributed by atoms with Crippen molar-refractivity contribution in [3.05, 3.63) is 0 Å². The van der Waals surface area contributed by atoms with Crippen LogP contribution >= 0.6 is 0 Å². The van der Waals surface area contributed by atoms with Gasteiger partial charge in [-0.05, 0) is 135 Å². The van der Waals surface area contributed by atoms with Crippen molar-refractivity contribution in [1.82, 2.24) is 42.5 Å². The van der Waals surface area contributed by atoms with Crippen LogP contribution in [0, 0.1) is 0 Å². The molecule has 0 aromatic rings. The number of carbonyl (C=O) groups excluding carboxylic acids is 10. The molecule has 0 bridgehead atoms. The topological polar surface area (TPSA) is 783 Å². The fourth-order valence-electron chi connectivity index (χ4n) is 8.79. The van der Waals surface area contributed by atoms with Gasteiger partial charge in [-0.15, -0.1) is 0 Å². The van der Waals surface area contributed by atoms with E-state index in [-0.39, 0.29) is 172 Å². The van der Waals surface area contributed by atoms with Crippen molar-refractivity contribution < 1.29 is 47.9 Å². The molecule has 0 aliphatic rings. The van der Waals surface area contributed by atoms with E-state index < -0.39 is 126 Å². The van der Waals surface area contributed by atoms with Gasteiger partial charge in [-0.2, -0.15) is 0 Å². The summed E-state index contributed by atoms with van der Waals surface area (Å²) in [6, 6.07) is -12.5. The van der Waals surface area contributed by atoms with E-state index in [1.165, 1.54) is 0 Å². The summed E-state index contributed by atoms with van der Waals surface area (Å²) in [5, 5.41) is 20.9. The summed E-state index contributed by atoms with van der Waals surface area (Å²) >= 11 is 0. The van der Waals surface area contributed by atoms with Crippen molar-refractivity contribution in [1.29, 1.82) is 0 Å². The minimum absolute atomic E-state index is 0.00297. The van der Waals surface area contributed by atoms with Crippen LogP contribution in [-0.4, -0.2) is 202 Å². The Hall–Kier alpha value is -9.80. The standard InChI is InChI=1S/C53H107N31O10/c54-21-3-1-12-31(78-40(87)29(56)11-5-23-71-48(59)60)42(89)79-32(13-2-4-22-55)43(90)81-34(16-8-26-74-51(65)66)44(91)82-36(18-10-28-76-53(69)70)46(93)84-37(19-20-38(57)85)47(94)83-35(17-9-27-75-52(67)68)45(92)80-33(15-7-25-73-50(63)64)41(88)77-30(39(58)86)14-6-24-72-49(61)62/h29-37H,1-28,54-56H2,(H2,57,85)(H2,58,86)(H,77,88)(H,78,87)(H,79,89)(H,80,92)(H,81,90)(H,82,91)(H,83,94)(H,84,93)(H4,59,60,71)(H4,61,62,72)(H4,63,64,73)(H4,65,66,74)(H4,67,68,75)(H4,69,70,76)/t29-,30-,31-,32-,33-,34+,35-,36-,37-/m0/s1. The predicted octanol–water partition coefficient (Wildman–Crippen LogP) is -11.5. The Balaban J connectivity index is 7.46. The van der Waals surface area contributed by atoms with Crippen LogP contribution in [0.5, 0.6) is 0 Å². The van der Waals surface area contributed by atoms with Gasteiger partial charge in [-0.25, -0.2) is 0 Å². The number of primary amides is 2. The van der Waals surface area contributed by atoms with Gasteiger partial charge in [0, 0.05) is 45.7 Å². The monoisotopic (exact) mass is 1340 g/mol. The largest absolute Gasteiger partial charge is 0.370 e. The summed E-state index contributed by atoms with van der Waals surface area (Å²) in [6.45, 7) is 0.651. The highest BCUT2D eigenvalue weighted by Gasteiger charge is 2.35. The molecule has 0 spiro atoms. The lowest BCUT2D eigenvalue weighted by Gasteiger charge is -2.28. The van der Waals surface area contributed by atoms with Gasteiger partial charge < -0.3 is 140 Å². The number of hydrogen-bond donors (Lipinski definition) is 25. The van der Waals surface area contributed by atoms with Gasteiger partial charge >= 0.3 is 0 Å². The second-order valence-corrected chi connectivity index (χ2v) is 21.8. The van der Waals surface area contributed by atoms with E-state index >= 15 is 0 Å². The van der Waals surface area contributed by atoms with Gasteiger partial charge in [-0.3, -0.25) is 77.9 Å². The molecule has 0 saturated carbocycles. The molecule has 0 fully saturated rings. The molecule has 94 heavy (non-hydrogen) atoms. The lowest BCUT2D eigenvalue weighted by atomic mass is 10.0. The molecule has 41 nitrogen and oxygen atoms in total.